The number of fused-ring (bicyclic) bond motifs is 2. The van der Waals surface area contributed by atoms with Crippen LogP contribution in [0.3, 0.4) is 0 Å². The first kappa shape index (κ1) is 13.9. The van der Waals surface area contributed by atoms with Crippen LogP contribution in [0.25, 0.3) is 39.1 Å². The van der Waals surface area contributed by atoms with Gasteiger partial charge in [-0.2, -0.15) is 0 Å². The molecule has 0 saturated carbocycles. The Morgan fingerprint density at radius 2 is 1.28 bits per heavy atom. The van der Waals surface area contributed by atoms with Crippen LogP contribution in [0.4, 0.5) is 0 Å². The first-order chi connectivity index (χ1) is 12.4. The van der Waals surface area contributed by atoms with Gasteiger partial charge in [0, 0.05) is 16.6 Å². The zero-order valence-electron chi connectivity index (χ0n) is 13.5. The van der Waals surface area contributed by atoms with Crippen LogP contribution in [-0.2, 0) is 0 Å². The maximum atomic E-state index is 4.91. The Balaban J connectivity index is 1.90. The van der Waals surface area contributed by atoms with Crippen LogP contribution < -0.4 is 0 Å². The molecule has 2 aromatic heterocycles. The van der Waals surface area contributed by atoms with E-state index in [9.17, 15) is 0 Å². The molecule has 3 nitrogen and oxygen atoms in total. The lowest BCUT2D eigenvalue weighted by atomic mass is 10.2. The Morgan fingerprint density at radius 1 is 0.600 bits per heavy atom. The molecule has 0 spiro atoms. The molecule has 3 heteroatoms. The summed E-state index contributed by atoms with van der Waals surface area (Å²) in [6.07, 6.45) is 0. The van der Waals surface area contributed by atoms with Crippen LogP contribution in [0.1, 0.15) is 0 Å². The standard InChI is InChI=1S/C22H15N3/c1-3-9-16(10-4-1)21-24-20-15-17-11-7-8-14-19(17)23-22(20)25(21)18-12-5-2-6-13-18/h1-15H. The highest BCUT2D eigenvalue weighted by Crippen LogP contribution is 2.29. The van der Waals surface area contributed by atoms with Gasteiger partial charge < -0.3 is 0 Å². The highest BCUT2D eigenvalue weighted by Gasteiger charge is 2.15. The average molecular weight is 321 g/mol. The van der Waals surface area contributed by atoms with Crippen molar-refractivity contribution in [1.82, 2.24) is 14.5 Å². The predicted octanol–water partition coefficient (Wildman–Crippen LogP) is 5.24. The van der Waals surface area contributed by atoms with Crippen molar-refractivity contribution in [3.05, 3.63) is 91.0 Å². The number of para-hydroxylation sites is 2. The molecule has 5 aromatic rings. The third-order valence-corrected chi connectivity index (χ3v) is 4.38. The molecule has 0 atom stereocenters. The average Bonchev–Trinajstić information content (AvgIpc) is 3.06. The van der Waals surface area contributed by atoms with Crippen molar-refractivity contribution >= 4 is 22.1 Å². The molecule has 0 amide bonds. The fourth-order valence-corrected chi connectivity index (χ4v) is 3.21. The molecule has 0 saturated heterocycles. The van der Waals surface area contributed by atoms with Gasteiger partial charge in [0.05, 0.1) is 5.52 Å². The van der Waals surface area contributed by atoms with Crippen molar-refractivity contribution in [3.8, 4) is 17.1 Å². The van der Waals surface area contributed by atoms with Gasteiger partial charge in [-0.3, -0.25) is 4.57 Å². The Kier molecular flexibility index (Phi) is 3.10. The smallest absolute Gasteiger partial charge is 0.165 e. The fraction of sp³-hybridized carbons (Fsp3) is 0. The summed E-state index contributed by atoms with van der Waals surface area (Å²) in [6.45, 7) is 0. The van der Waals surface area contributed by atoms with Crippen LogP contribution in [0.2, 0.25) is 0 Å². The third-order valence-electron chi connectivity index (χ3n) is 4.38. The van der Waals surface area contributed by atoms with Crippen LogP contribution in [0.5, 0.6) is 0 Å². The molecule has 0 bridgehead atoms. The zero-order chi connectivity index (χ0) is 16.6. The molecule has 0 aliphatic rings. The van der Waals surface area contributed by atoms with E-state index in [0.717, 1.165) is 39.1 Å². The number of hydrogen-bond donors (Lipinski definition) is 0. The number of benzene rings is 3. The summed E-state index contributed by atoms with van der Waals surface area (Å²) in [5.74, 6) is 0.907. The number of rotatable bonds is 2. The Morgan fingerprint density at radius 3 is 2.08 bits per heavy atom. The van der Waals surface area contributed by atoms with Crippen molar-refractivity contribution in [1.29, 1.82) is 0 Å². The predicted molar refractivity (Wildman–Crippen MR) is 102 cm³/mol. The molecule has 3 aromatic carbocycles. The second-order valence-corrected chi connectivity index (χ2v) is 6.00. The molecular formula is C22H15N3. The lowest BCUT2D eigenvalue weighted by Gasteiger charge is -2.09. The topological polar surface area (TPSA) is 30.7 Å². The molecule has 25 heavy (non-hydrogen) atoms. The summed E-state index contributed by atoms with van der Waals surface area (Å²) in [5, 5.41) is 1.10. The van der Waals surface area contributed by atoms with E-state index in [1.165, 1.54) is 0 Å². The molecule has 2 heterocycles. The van der Waals surface area contributed by atoms with Gasteiger partial charge in [0.1, 0.15) is 11.3 Å². The van der Waals surface area contributed by atoms with E-state index in [1.807, 2.05) is 54.6 Å². The van der Waals surface area contributed by atoms with Crippen molar-refractivity contribution in [3.63, 3.8) is 0 Å². The van der Waals surface area contributed by atoms with E-state index in [0.29, 0.717) is 0 Å². The Bertz CT molecular complexity index is 1180. The van der Waals surface area contributed by atoms with Gasteiger partial charge in [0.15, 0.2) is 5.65 Å². The summed E-state index contributed by atoms with van der Waals surface area (Å²) in [5.41, 5.74) is 4.90. The minimum atomic E-state index is 0.878. The lowest BCUT2D eigenvalue weighted by Crippen LogP contribution is -1.98. The maximum Gasteiger partial charge on any atom is 0.165 e. The SMILES string of the molecule is c1ccc(-c2nc3cc4ccccc4nc3n2-c2ccccc2)cc1. The van der Waals surface area contributed by atoms with Gasteiger partial charge in [0.2, 0.25) is 0 Å². The van der Waals surface area contributed by atoms with Gasteiger partial charge in [-0.15, -0.1) is 0 Å². The largest absolute Gasteiger partial charge is 0.277 e. The minimum absolute atomic E-state index is 0.878. The normalized spacial score (nSPS) is 11.2. The molecule has 118 valence electrons. The fourth-order valence-electron chi connectivity index (χ4n) is 3.21. The van der Waals surface area contributed by atoms with Crippen LogP contribution in [-0.4, -0.2) is 14.5 Å². The summed E-state index contributed by atoms with van der Waals surface area (Å²) in [7, 11) is 0. The summed E-state index contributed by atoms with van der Waals surface area (Å²) >= 11 is 0. The van der Waals surface area contributed by atoms with Crippen molar-refractivity contribution < 1.29 is 0 Å². The van der Waals surface area contributed by atoms with Gasteiger partial charge in [-0.05, 0) is 24.3 Å². The van der Waals surface area contributed by atoms with Crippen LogP contribution in [0.15, 0.2) is 91.0 Å². The van der Waals surface area contributed by atoms with E-state index in [4.69, 9.17) is 9.97 Å². The number of hydrogen-bond acceptors (Lipinski definition) is 2. The molecule has 0 fully saturated rings. The van der Waals surface area contributed by atoms with E-state index < -0.39 is 0 Å². The van der Waals surface area contributed by atoms with Crippen molar-refractivity contribution in [2.75, 3.05) is 0 Å². The first-order valence-corrected chi connectivity index (χ1v) is 8.29. The summed E-state index contributed by atoms with van der Waals surface area (Å²) in [6, 6.07) is 30.8. The van der Waals surface area contributed by atoms with Crippen molar-refractivity contribution in [2.24, 2.45) is 0 Å². The van der Waals surface area contributed by atoms with Crippen molar-refractivity contribution in [2.45, 2.75) is 0 Å². The highest BCUT2D eigenvalue weighted by atomic mass is 15.1. The van der Waals surface area contributed by atoms with Gasteiger partial charge >= 0.3 is 0 Å². The molecule has 0 aliphatic carbocycles. The molecule has 0 radical (unpaired) electrons. The number of aromatic nitrogens is 3. The molecule has 0 N–H and O–H groups in total. The second-order valence-electron chi connectivity index (χ2n) is 6.00. The van der Waals surface area contributed by atoms with E-state index in [-0.39, 0.29) is 0 Å². The second kappa shape index (κ2) is 5.56. The van der Waals surface area contributed by atoms with E-state index in [2.05, 4.69) is 41.0 Å². The monoisotopic (exact) mass is 321 g/mol. The Labute approximate surface area is 145 Å². The van der Waals surface area contributed by atoms with E-state index >= 15 is 0 Å². The van der Waals surface area contributed by atoms with E-state index in [1.54, 1.807) is 0 Å². The summed E-state index contributed by atoms with van der Waals surface area (Å²) in [4.78, 5) is 9.81. The number of imidazole rings is 1. The van der Waals surface area contributed by atoms with Gasteiger partial charge in [-0.25, -0.2) is 9.97 Å². The molecular weight excluding hydrogens is 306 g/mol. The van der Waals surface area contributed by atoms with Crippen LogP contribution in [0, 0.1) is 0 Å². The van der Waals surface area contributed by atoms with Gasteiger partial charge in [-0.1, -0.05) is 66.7 Å². The van der Waals surface area contributed by atoms with Gasteiger partial charge in [0.25, 0.3) is 0 Å². The molecule has 5 rings (SSSR count). The minimum Gasteiger partial charge on any atom is -0.277 e. The maximum absolute atomic E-state index is 4.91. The Hall–Kier alpha value is -3.46. The quantitative estimate of drug-likeness (QED) is 0.445. The number of pyridine rings is 1. The molecule has 0 unspecified atom stereocenters. The number of nitrogens with zero attached hydrogens (tertiary/aromatic N) is 3. The summed E-state index contributed by atoms with van der Waals surface area (Å²) < 4.78 is 2.14. The third kappa shape index (κ3) is 2.29. The molecule has 0 aliphatic heterocycles. The highest BCUT2D eigenvalue weighted by molar-refractivity contribution is 5.92. The lowest BCUT2D eigenvalue weighted by molar-refractivity contribution is 1.08. The van der Waals surface area contributed by atoms with Crippen LogP contribution >= 0.6 is 0 Å². The zero-order valence-corrected chi connectivity index (χ0v) is 13.5. The first-order valence-electron chi connectivity index (χ1n) is 8.29.